The first kappa shape index (κ1) is 35.8. The molecule has 47 heavy (non-hydrogen) atoms. The summed E-state index contributed by atoms with van der Waals surface area (Å²) in [6.45, 7) is 5.71. The molecule has 1 saturated heterocycles. The second kappa shape index (κ2) is 18.3. The summed E-state index contributed by atoms with van der Waals surface area (Å²) in [6, 6.07) is 13.9. The number of non-ortho nitro benzene ring substituents is 1. The average molecular weight is 651 g/mol. The minimum atomic E-state index is -0.917. The van der Waals surface area contributed by atoms with E-state index in [0.717, 1.165) is 44.5 Å². The Morgan fingerprint density at radius 3 is 2.51 bits per heavy atom. The molecule has 0 amide bonds. The minimum absolute atomic E-state index is 0.0648. The number of hydrogen-bond donors (Lipinski definition) is 0. The van der Waals surface area contributed by atoms with Crippen molar-refractivity contribution in [2.24, 2.45) is 10.9 Å². The third kappa shape index (κ3) is 9.95. The lowest BCUT2D eigenvalue weighted by Gasteiger charge is -2.32. The van der Waals surface area contributed by atoms with E-state index in [2.05, 4.69) is 0 Å². The fraction of sp³-hybridized carbons (Fsp3) is 0.528. The molecule has 3 atom stereocenters. The van der Waals surface area contributed by atoms with Crippen LogP contribution in [0.2, 0.25) is 0 Å². The number of allylic oxidation sites excluding steroid dienone is 1. The molecular formula is C36H46N2O9. The van der Waals surface area contributed by atoms with Crippen molar-refractivity contribution in [3.8, 4) is 5.75 Å². The normalized spacial score (nSPS) is 19.6. The van der Waals surface area contributed by atoms with Gasteiger partial charge in [-0.05, 0) is 68.2 Å². The smallest absolute Gasteiger partial charge is 0.336 e. The van der Waals surface area contributed by atoms with Crippen molar-refractivity contribution < 1.29 is 38.2 Å². The van der Waals surface area contributed by atoms with E-state index in [1.807, 2.05) is 38.1 Å². The van der Waals surface area contributed by atoms with Crippen molar-refractivity contribution >= 4 is 23.3 Å². The lowest BCUT2D eigenvalue weighted by atomic mass is 9.74. The van der Waals surface area contributed by atoms with E-state index < -0.39 is 28.7 Å². The molecule has 2 aromatic rings. The highest BCUT2D eigenvalue weighted by Crippen LogP contribution is 2.42. The molecule has 0 bridgehead atoms. The number of benzene rings is 2. The summed E-state index contributed by atoms with van der Waals surface area (Å²) < 4.78 is 28.2. The molecule has 11 heteroatoms. The highest BCUT2D eigenvalue weighted by molar-refractivity contribution is 6.07. The van der Waals surface area contributed by atoms with E-state index in [1.54, 1.807) is 12.1 Å². The number of hydrogen-bond acceptors (Lipinski definition) is 10. The number of ether oxygens (including phenoxy) is 5. The Kier molecular flexibility index (Phi) is 13.9. The number of nitro groups is 1. The second-order valence-electron chi connectivity index (χ2n) is 11.7. The molecular weight excluding hydrogens is 604 g/mol. The van der Waals surface area contributed by atoms with Gasteiger partial charge in [-0.25, -0.2) is 4.79 Å². The lowest BCUT2D eigenvalue weighted by molar-refractivity contribution is -0.384. The monoisotopic (exact) mass is 650 g/mol. The predicted molar refractivity (Wildman–Crippen MR) is 176 cm³/mol. The largest absolute Gasteiger partial charge is 0.493 e. The summed E-state index contributed by atoms with van der Waals surface area (Å²) in [6.07, 6.45) is 7.05. The molecule has 2 heterocycles. The zero-order valence-electron chi connectivity index (χ0n) is 27.6. The molecule has 0 spiro atoms. The van der Waals surface area contributed by atoms with Crippen LogP contribution in [0.25, 0.3) is 0 Å². The van der Waals surface area contributed by atoms with Crippen LogP contribution in [0.1, 0.15) is 82.3 Å². The molecule has 2 aliphatic heterocycles. The number of carbonyl (C=O) groups is 2. The fourth-order valence-electron chi connectivity index (χ4n) is 5.98. The van der Waals surface area contributed by atoms with Crippen molar-refractivity contribution in [2.45, 2.75) is 83.8 Å². The first-order valence-corrected chi connectivity index (χ1v) is 16.6. The van der Waals surface area contributed by atoms with Crippen molar-refractivity contribution in [3.05, 3.63) is 81.0 Å². The van der Waals surface area contributed by atoms with Gasteiger partial charge < -0.3 is 23.7 Å². The Bertz CT molecular complexity index is 1410. The summed E-state index contributed by atoms with van der Waals surface area (Å²) in [5.74, 6) is -2.21. The van der Waals surface area contributed by atoms with Gasteiger partial charge in [0.2, 0.25) is 0 Å². The molecule has 3 unspecified atom stereocenters. The number of nitrogens with zero attached hydrogens (tertiary/aromatic N) is 2. The Labute approximate surface area is 276 Å². The fourth-order valence-corrected chi connectivity index (χ4v) is 5.98. The Hall–Kier alpha value is -4.09. The average Bonchev–Trinajstić information content (AvgIpc) is 3.10. The molecule has 0 N–H and O–H groups in total. The maximum Gasteiger partial charge on any atom is 0.336 e. The maximum absolute atomic E-state index is 13.7. The molecule has 0 aliphatic carbocycles. The number of esters is 2. The standard InChI is InChI=1S/C36H46N2O9/c1-4-11-30-34(32(26-13-8-14-27(24-26)38(41)42)33(35(39)43-3)29(5-2)37-30)36(40)47-23-10-22-44-28-18-16-25(17-19-28)12-9-21-46-31-15-6-7-20-45-31/h8,13-14,16-19,24,31-33H,4-7,9-12,15,20-23H2,1-3H3. The third-order valence-electron chi connectivity index (χ3n) is 8.32. The van der Waals surface area contributed by atoms with Gasteiger partial charge in [0.25, 0.3) is 5.69 Å². The molecule has 1 fully saturated rings. The van der Waals surface area contributed by atoms with Gasteiger partial charge in [0.15, 0.2) is 6.29 Å². The van der Waals surface area contributed by atoms with E-state index in [0.29, 0.717) is 55.9 Å². The summed E-state index contributed by atoms with van der Waals surface area (Å²) >= 11 is 0. The number of nitro benzene ring substituents is 1. The van der Waals surface area contributed by atoms with Crippen molar-refractivity contribution in [1.82, 2.24) is 0 Å². The molecule has 2 aromatic carbocycles. The van der Waals surface area contributed by atoms with E-state index in [9.17, 15) is 19.7 Å². The van der Waals surface area contributed by atoms with Crippen LogP contribution in [0.3, 0.4) is 0 Å². The van der Waals surface area contributed by atoms with Crippen LogP contribution in [-0.2, 0) is 35.0 Å². The van der Waals surface area contributed by atoms with Crippen molar-refractivity contribution in [1.29, 1.82) is 0 Å². The summed E-state index contributed by atoms with van der Waals surface area (Å²) in [5.41, 5.74) is 2.83. The topological polar surface area (TPSA) is 136 Å². The highest BCUT2D eigenvalue weighted by atomic mass is 16.7. The number of methoxy groups -OCH3 is 1. The first-order valence-electron chi connectivity index (χ1n) is 16.6. The van der Waals surface area contributed by atoms with Crippen LogP contribution in [0, 0.1) is 16.0 Å². The highest BCUT2D eigenvalue weighted by Gasteiger charge is 2.44. The zero-order valence-corrected chi connectivity index (χ0v) is 27.6. The molecule has 4 rings (SSSR count). The van der Waals surface area contributed by atoms with E-state index in [4.69, 9.17) is 28.7 Å². The van der Waals surface area contributed by atoms with Gasteiger partial charge in [0, 0.05) is 36.8 Å². The molecule has 0 radical (unpaired) electrons. The maximum atomic E-state index is 13.7. The van der Waals surface area contributed by atoms with E-state index >= 15 is 0 Å². The van der Waals surface area contributed by atoms with Crippen LogP contribution in [0.4, 0.5) is 5.69 Å². The van der Waals surface area contributed by atoms with Crippen molar-refractivity contribution in [3.63, 3.8) is 0 Å². The summed E-state index contributed by atoms with van der Waals surface area (Å²) in [5, 5.41) is 11.6. The molecule has 2 aliphatic rings. The Balaban J connectivity index is 1.36. The van der Waals surface area contributed by atoms with Crippen LogP contribution >= 0.6 is 0 Å². The lowest BCUT2D eigenvalue weighted by Crippen LogP contribution is -2.37. The van der Waals surface area contributed by atoms with Gasteiger partial charge in [-0.1, -0.05) is 44.5 Å². The van der Waals surface area contributed by atoms with Crippen LogP contribution < -0.4 is 4.74 Å². The van der Waals surface area contributed by atoms with Crippen LogP contribution in [0.15, 0.2) is 64.8 Å². The molecule has 0 aromatic heterocycles. The Morgan fingerprint density at radius 1 is 1.02 bits per heavy atom. The second-order valence-corrected chi connectivity index (χ2v) is 11.7. The molecule has 0 saturated carbocycles. The van der Waals surface area contributed by atoms with Gasteiger partial charge in [-0.15, -0.1) is 0 Å². The van der Waals surface area contributed by atoms with Crippen molar-refractivity contribution in [2.75, 3.05) is 33.5 Å². The molecule has 11 nitrogen and oxygen atoms in total. The Morgan fingerprint density at radius 2 is 1.83 bits per heavy atom. The number of rotatable bonds is 17. The van der Waals surface area contributed by atoms with Crippen LogP contribution in [-0.4, -0.2) is 62.4 Å². The van der Waals surface area contributed by atoms with Gasteiger partial charge >= 0.3 is 11.9 Å². The third-order valence-corrected chi connectivity index (χ3v) is 8.32. The SMILES string of the molecule is CCCC1=C(C(=O)OCCCOc2ccc(CCCOC3CCCCO3)cc2)C(c2cccc([N+](=O)[O-])c2)C(C(=O)OC)C(CC)=N1. The first-order chi connectivity index (χ1) is 22.9. The van der Waals surface area contributed by atoms with Gasteiger partial charge in [-0.2, -0.15) is 0 Å². The van der Waals surface area contributed by atoms with E-state index in [-0.39, 0.29) is 24.2 Å². The summed E-state index contributed by atoms with van der Waals surface area (Å²) in [7, 11) is 1.28. The predicted octanol–water partition coefficient (Wildman–Crippen LogP) is 6.87. The van der Waals surface area contributed by atoms with E-state index in [1.165, 1.54) is 24.8 Å². The van der Waals surface area contributed by atoms with Gasteiger partial charge in [-0.3, -0.25) is 19.9 Å². The van der Waals surface area contributed by atoms with Crippen LogP contribution in [0.5, 0.6) is 5.75 Å². The quantitative estimate of drug-likeness (QED) is 0.0777. The van der Waals surface area contributed by atoms with Gasteiger partial charge in [0.1, 0.15) is 11.7 Å². The number of aliphatic imine (C=N–C) groups is 1. The summed E-state index contributed by atoms with van der Waals surface area (Å²) in [4.78, 5) is 42.7. The molecule has 254 valence electrons. The zero-order chi connectivity index (χ0) is 33.6. The number of aryl methyl sites for hydroxylation is 1. The number of carbonyl (C=O) groups excluding carboxylic acids is 2. The van der Waals surface area contributed by atoms with Gasteiger partial charge in [0.05, 0.1) is 43.1 Å². The minimum Gasteiger partial charge on any atom is -0.493 e.